The van der Waals surface area contributed by atoms with E-state index in [9.17, 15) is 84.7 Å². The van der Waals surface area contributed by atoms with E-state index >= 15 is 0 Å². The molecule has 0 aromatic heterocycles. The average Bonchev–Trinajstić information content (AvgIpc) is 2.94. The monoisotopic (exact) mass is 714 g/mol. The van der Waals surface area contributed by atoms with Gasteiger partial charge in [0.15, 0.2) is 0 Å². The molecule has 0 spiro atoms. The van der Waals surface area contributed by atoms with Gasteiger partial charge < -0.3 is 9.64 Å². The Morgan fingerprint density at radius 3 is 1.57 bits per heavy atom. The predicted molar refractivity (Wildman–Crippen MR) is 125 cm³/mol. The van der Waals surface area contributed by atoms with E-state index in [4.69, 9.17) is 0 Å². The summed E-state index contributed by atoms with van der Waals surface area (Å²) in [4.78, 5) is 14.3. The molecular weight excluding hydrogens is 695 g/mol. The highest BCUT2D eigenvalue weighted by atomic mass is 19.4. The van der Waals surface area contributed by atoms with Crippen LogP contribution in [0, 0.1) is 11.3 Å². The van der Waals surface area contributed by atoms with Gasteiger partial charge in [-0.25, -0.2) is 4.79 Å². The van der Waals surface area contributed by atoms with E-state index in [0.717, 1.165) is 48.8 Å². The van der Waals surface area contributed by atoms with Gasteiger partial charge in [-0.05, 0) is 60.6 Å². The molecule has 0 N–H and O–H groups in total. The number of benzene rings is 1. The van der Waals surface area contributed by atoms with Crippen molar-refractivity contribution in [3.8, 4) is 6.07 Å². The molecule has 1 aromatic rings. The zero-order valence-corrected chi connectivity index (χ0v) is 23.0. The molecule has 2 aliphatic rings. The molecule has 0 aliphatic carbocycles. The maximum absolute atomic E-state index is 14.1. The van der Waals surface area contributed by atoms with Crippen LogP contribution in [-0.2, 0) is 22.4 Å². The highest BCUT2D eigenvalue weighted by Gasteiger charge is 2.95. The van der Waals surface area contributed by atoms with Crippen LogP contribution in [0.1, 0.15) is 36.0 Å². The zero-order valence-electron chi connectivity index (χ0n) is 23.0. The van der Waals surface area contributed by atoms with Crippen LogP contribution >= 0.6 is 0 Å². The summed E-state index contributed by atoms with van der Waals surface area (Å²) in [5, 5.41) is 9.28. The summed E-state index contributed by atoms with van der Waals surface area (Å²) in [6.07, 6.45) is -7.17. The Bertz CT molecular complexity index is 1410. The lowest BCUT2D eigenvalue weighted by Gasteiger charge is -2.42. The first-order valence-corrected chi connectivity index (χ1v) is 13.0. The number of rotatable bonds is 11. The highest BCUT2D eigenvalue weighted by molar-refractivity contribution is 5.98. The molecular formula is C26H19F17N2O2. The van der Waals surface area contributed by atoms with Crippen molar-refractivity contribution in [3.63, 3.8) is 0 Å². The molecule has 4 nitrogen and oxygen atoms in total. The minimum Gasteiger partial charge on any atom is -0.461 e. The number of alkyl halides is 17. The molecule has 1 aromatic carbocycles. The number of anilines is 1. The quantitative estimate of drug-likeness (QED) is 0.100. The van der Waals surface area contributed by atoms with E-state index in [1.165, 1.54) is 6.07 Å². The third-order valence-corrected chi connectivity index (χ3v) is 7.44. The smallest absolute Gasteiger partial charge is 0.460 e. The van der Waals surface area contributed by atoms with Crippen molar-refractivity contribution in [1.29, 1.82) is 5.26 Å². The standard InChI is InChI=1S/C26H19F17N2O2/c27-19(28,20(29,30)21(31,32)22(33,34)23(35,36)24(37,38)25(39,40)26(41,42)43)5-8-47-18(46)16(12-44)11-13-9-14-3-1-6-45-7-2-4-15(10-13)17(14)45/h9-11H,1-8H2/b16-11-. The Labute approximate surface area is 252 Å². The minimum absolute atomic E-state index is 0.226. The topological polar surface area (TPSA) is 53.3 Å². The maximum Gasteiger partial charge on any atom is 0.460 e. The summed E-state index contributed by atoms with van der Waals surface area (Å²) in [6, 6.07) is 4.43. The van der Waals surface area contributed by atoms with Crippen molar-refractivity contribution in [3.05, 3.63) is 34.4 Å². The lowest BCUT2D eigenvalue weighted by molar-refractivity contribution is -0.461. The SMILES string of the molecule is N#C/C(=C/c1cc2c3c(c1)CCCN3CCC2)C(=O)OCCC(F)(F)C(F)(F)C(F)(F)C(F)(F)C(F)(F)C(F)(F)C(F)(F)C(F)(F)F. The fraction of sp³-hybridized carbons (Fsp3) is 0.615. The summed E-state index contributed by atoms with van der Waals surface area (Å²) < 4.78 is 232. The van der Waals surface area contributed by atoms with Crippen molar-refractivity contribution in [1.82, 2.24) is 0 Å². The molecule has 0 saturated heterocycles. The molecule has 0 unspecified atom stereocenters. The molecule has 0 amide bonds. The summed E-state index contributed by atoms with van der Waals surface area (Å²) in [5.74, 6) is -59.1. The first kappa shape index (κ1) is 38.0. The summed E-state index contributed by atoms with van der Waals surface area (Å²) in [7, 11) is 0. The molecule has 2 aliphatic heterocycles. The second-order valence-corrected chi connectivity index (χ2v) is 10.6. The van der Waals surface area contributed by atoms with Crippen LogP contribution in [0.25, 0.3) is 6.08 Å². The largest absolute Gasteiger partial charge is 0.461 e. The van der Waals surface area contributed by atoms with Crippen LogP contribution in [0.3, 0.4) is 0 Å². The van der Waals surface area contributed by atoms with Gasteiger partial charge in [-0.15, -0.1) is 0 Å². The minimum atomic E-state index is -8.73. The van der Waals surface area contributed by atoms with E-state index < -0.39 is 72.2 Å². The van der Waals surface area contributed by atoms with Gasteiger partial charge in [-0.1, -0.05) is 0 Å². The molecule has 0 saturated carbocycles. The third kappa shape index (κ3) is 5.93. The van der Waals surface area contributed by atoms with Gasteiger partial charge in [0, 0.05) is 18.8 Å². The number of hydrogen-bond acceptors (Lipinski definition) is 4. The van der Waals surface area contributed by atoms with E-state index in [0.29, 0.717) is 12.8 Å². The van der Waals surface area contributed by atoms with Crippen molar-refractivity contribution < 1.29 is 84.2 Å². The molecule has 0 fully saturated rings. The lowest BCUT2D eigenvalue weighted by Crippen LogP contribution is -2.74. The molecule has 3 rings (SSSR count). The Morgan fingerprint density at radius 1 is 0.723 bits per heavy atom. The average molecular weight is 714 g/mol. The number of carbonyl (C=O) groups excluding carboxylic acids is 1. The number of esters is 1. The van der Waals surface area contributed by atoms with Crippen molar-refractivity contribution in [2.24, 2.45) is 0 Å². The Hall–Kier alpha value is -3.47. The number of nitrogens with zero attached hydrogens (tertiary/aromatic N) is 2. The molecule has 47 heavy (non-hydrogen) atoms. The second-order valence-electron chi connectivity index (χ2n) is 10.6. The zero-order chi connectivity index (χ0) is 36.2. The number of halogens is 17. The number of carbonyl (C=O) groups is 1. The van der Waals surface area contributed by atoms with Gasteiger partial charge in [-0.2, -0.15) is 79.9 Å². The Kier molecular flexibility index (Phi) is 9.61. The summed E-state index contributed by atoms with van der Waals surface area (Å²) >= 11 is 0. The number of nitriles is 1. The second kappa shape index (κ2) is 11.9. The molecule has 264 valence electrons. The molecule has 0 atom stereocenters. The van der Waals surface area contributed by atoms with Crippen LogP contribution in [0.15, 0.2) is 17.7 Å². The maximum atomic E-state index is 14.1. The van der Waals surface area contributed by atoms with Gasteiger partial charge in [0.25, 0.3) is 0 Å². The van der Waals surface area contributed by atoms with Crippen LogP contribution < -0.4 is 4.90 Å². The van der Waals surface area contributed by atoms with Crippen molar-refractivity contribution in [2.45, 2.75) is 79.7 Å². The Balaban J connectivity index is 1.80. The fourth-order valence-electron chi connectivity index (χ4n) is 4.92. The van der Waals surface area contributed by atoms with Crippen LogP contribution in [0.4, 0.5) is 80.3 Å². The van der Waals surface area contributed by atoms with E-state index in [2.05, 4.69) is 9.64 Å². The van der Waals surface area contributed by atoms with Gasteiger partial charge in [-0.3, -0.25) is 0 Å². The molecule has 2 heterocycles. The van der Waals surface area contributed by atoms with E-state index in [1.807, 2.05) is 0 Å². The third-order valence-electron chi connectivity index (χ3n) is 7.44. The number of ether oxygens (including phenoxy) is 1. The van der Waals surface area contributed by atoms with E-state index in [-0.39, 0.29) is 5.56 Å². The first-order chi connectivity index (χ1) is 21.1. The first-order valence-electron chi connectivity index (χ1n) is 13.0. The normalized spacial score (nSPS) is 17.3. The van der Waals surface area contributed by atoms with E-state index in [1.54, 1.807) is 12.1 Å². The highest BCUT2D eigenvalue weighted by Crippen LogP contribution is 2.64. The van der Waals surface area contributed by atoms with Gasteiger partial charge >= 0.3 is 53.6 Å². The lowest BCUT2D eigenvalue weighted by atomic mass is 9.88. The summed E-state index contributed by atoms with van der Waals surface area (Å²) in [6.45, 7) is -0.576. The fourth-order valence-corrected chi connectivity index (χ4v) is 4.92. The van der Waals surface area contributed by atoms with Crippen LogP contribution in [-0.4, -0.2) is 73.3 Å². The molecule has 21 heteroatoms. The number of hydrogen-bond donors (Lipinski definition) is 0. The number of aryl methyl sites for hydroxylation is 2. The van der Waals surface area contributed by atoms with Crippen molar-refractivity contribution in [2.75, 3.05) is 24.6 Å². The summed E-state index contributed by atoms with van der Waals surface area (Å²) in [5.41, 5.74) is 1.86. The molecule has 0 radical (unpaired) electrons. The van der Waals surface area contributed by atoms with Crippen LogP contribution in [0.5, 0.6) is 0 Å². The van der Waals surface area contributed by atoms with Gasteiger partial charge in [0.1, 0.15) is 11.6 Å². The molecule has 0 bridgehead atoms. The Morgan fingerprint density at radius 2 is 1.15 bits per heavy atom. The predicted octanol–water partition coefficient (Wildman–Crippen LogP) is 8.24. The van der Waals surface area contributed by atoms with Crippen molar-refractivity contribution >= 4 is 17.7 Å². The van der Waals surface area contributed by atoms with Gasteiger partial charge in [0.2, 0.25) is 0 Å². The van der Waals surface area contributed by atoms with Gasteiger partial charge in [0.05, 0.1) is 13.0 Å². The van der Waals surface area contributed by atoms with Crippen LogP contribution in [0.2, 0.25) is 0 Å².